The molecule has 1 aliphatic heterocycles. The molecule has 110 valence electrons. The molecule has 0 spiro atoms. The topological polar surface area (TPSA) is 54.7 Å². The highest BCUT2D eigenvalue weighted by molar-refractivity contribution is 5.83. The fourth-order valence-electron chi connectivity index (χ4n) is 2.48. The number of fused-ring (bicyclic) bond motifs is 1. The molecule has 2 aromatic heterocycles. The first-order valence-electron chi connectivity index (χ1n) is 6.61. The number of rotatable bonds is 2. The first-order valence-corrected chi connectivity index (χ1v) is 6.61. The molecule has 0 aliphatic carbocycles. The lowest BCUT2D eigenvalue weighted by Gasteiger charge is -2.33. The number of anilines is 1. The standard InChI is InChI=1S/C14H13F2N3O2/c15-14(16)4-7-18(8-5-14)12-10(9-20)13(21)19-6-2-1-3-11(19)17-12/h1-3,6,9H,4-5,7-8H2. The lowest BCUT2D eigenvalue weighted by molar-refractivity contribution is -0.0221. The second-order valence-corrected chi connectivity index (χ2v) is 5.04. The second kappa shape index (κ2) is 4.91. The maximum atomic E-state index is 13.2. The molecule has 0 bridgehead atoms. The molecule has 0 saturated carbocycles. The number of carbonyl (C=O) groups excluding carboxylic acids is 1. The third-order valence-electron chi connectivity index (χ3n) is 3.66. The predicted octanol–water partition coefficient (Wildman–Crippen LogP) is 1.74. The van der Waals surface area contributed by atoms with Gasteiger partial charge >= 0.3 is 0 Å². The van der Waals surface area contributed by atoms with Crippen LogP contribution in [0.1, 0.15) is 23.2 Å². The van der Waals surface area contributed by atoms with E-state index in [0.29, 0.717) is 11.9 Å². The summed E-state index contributed by atoms with van der Waals surface area (Å²) in [6.07, 6.45) is 1.35. The van der Waals surface area contributed by atoms with Gasteiger partial charge in [-0.3, -0.25) is 14.0 Å². The summed E-state index contributed by atoms with van der Waals surface area (Å²) in [5.74, 6) is -2.50. The van der Waals surface area contributed by atoms with Crippen LogP contribution in [0.5, 0.6) is 0 Å². The van der Waals surface area contributed by atoms with Crippen molar-refractivity contribution in [1.82, 2.24) is 9.38 Å². The highest BCUT2D eigenvalue weighted by Gasteiger charge is 2.35. The molecule has 0 N–H and O–H groups in total. The average Bonchev–Trinajstić information content (AvgIpc) is 2.47. The smallest absolute Gasteiger partial charge is 0.270 e. The molecule has 0 unspecified atom stereocenters. The molecule has 5 nitrogen and oxygen atoms in total. The van der Waals surface area contributed by atoms with E-state index in [0.717, 1.165) is 0 Å². The number of aldehydes is 1. The van der Waals surface area contributed by atoms with Gasteiger partial charge in [-0.2, -0.15) is 0 Å². The summed E-state index contributed by atoms with van der Waals surface area (Å²) < 4.78 is 27.7. The van der Waals surface area contributed by atoms with Crippen molar-refractivity contribution in [1.29, 1.82) is 0 Å². The van der Waals surface area contributed by atoms with Gasteiger partial charge in [0, 0.05) is 32.1 Å². The van der Waals surface area contributed by atoms with E-state index in [1.807, 2.05) is 0 Å². The maximum absolute atomic E-state index is 13.2. The van der Waals surface area contributed by atoms with Crippen LogP contribution in [0.25, 0.3) is 5.65 Å². The van der Waals surface area contributed by atoms with Gasteiger partial charge in [-0.1, -0.05) is 6.07 Å². The number of pyridine rings is 1. The van der Waals surface area contributed by atoms with Crippen molar-refractivity contribution in [3.63, 3.8) is 0 Å². The lowest BCUT2D eigenvalue weighted by atomic mass is 10.1. The molecular formula is C14H13F2N3O2. The summed E-state index contributed by atoms with van der Waals surface area (Å²) in [5, 5.41) is 0. The van der Waals surface area contributed by atoms with Gasteiger partial charge in [-0.15, -0.1) is 0 Å². The van der Waals surface area contributed by atoms with Crippen molar-refractivity contribution < 1.29 is 13.6 Å². The van der Waals surface area contributed by atoms with E-state index in [9.17, 15) is 18.4 Å². The molecule has 1 aliphatic rings. The number of aromatic nitrogens is 2. The highest BCUT2D eigenvalue weighted by Crippen LogP contribution is 2.30. The molecular weight excluding hydrogens is 280 g/mol. The molecule has 0 amide bonds. The monoisotopic (exact) mass is 293 g/mol. The van der Waals surface area contributed by atoms with Crippen molar-refractivity contribution in [2.45, 2.75) is 18.8 Å². The summed E-state index contributed by atoms with van der Waals surface area (Å²) >= 11 is 0. The Balaban J connectivity index is 2.10. The predicted molar refractivity (Wildman–Crippen MR) is 73.2 cm³/mol. The highest BCUT2D eigenvalue weighted by atomic mass is 19.3. The van der Waals surface area contributed by atoms with Crippen LogP contribution in [0, 0.1) is 0 Å². The van der Waals surface area contributed by atoms with Crippen molar-refractivity contribution in [2.75, 3.05) is 18.0 Å². The van der Waals surface area contributed by atoms with Crippen LogP contribution < -0.4 is 10.5 Å². The third-order valence-corrected chi connectivity index (χ3v) is 3.66. The molecule has 1 fully saturated rings. The van der Waals surface area contributed by atoms with E-state index < -0.39 is 11.5 Å². The van der Waals surface area contributed by atoms with E-state index in [4.69, 9.17) is 0 Å². The van der Waals surface area contributed by atoms with Crippen LogP contribution in [0.4, 0.5) is 14.6 Å². The van der Waals surface area contributed by atoms with E-state index >= 15 is 0 Å². The largest absolute Gasteiger partial charge is 0.355 e. The van der Waals surface area contributed by atoms with Crippen LogP contribution in [0.2, 0.25) is 0 Å². The Morgan fingerprint density at radius 2 is 1.95 bits per heavy atom. The van der Waals surface area contributed by atoms with Crippen LogP contribution >= 0.6 is 0 Å². The van der Waals surface area contributed by atoms with Crippen LogP contribution in [0.15, 0.2) is 29.2 Å². The van der Waals surface area contributed by atoms with Crippen LogP contribution in [-0.2, 0) is 0 Å². The zero-order valence-corrected chi connectivity index (χ0v) is 11.1. The van der Waals surface area contributed by atoms with Crippen molar-refractivity contribution in [3.8, 4) is 0 Å². The summed E-state index contributed by atoms with van der Waals surface area (Å²) in [4.78, 5) is 29.4. The molecule has 1 saturated heterocycles. The Hall–Kier alpha value is -2.31. The minimum atomic E-state index is -2.69. The second-order valence-electron chi connectivity index (χ2n) is 5.04. The number of alkyl halides is 2. The summed E-state index contributed by atoms with van der Waals surface area (Å²) in [6.45, 7) is 0.145. The van der Waals surface area contributed by atoms with Gasteiger partial charge in [0.25, 0.3) is 11.5 Å². The molecule has 7 heteroatoms. The molecule has 21 heavy (non-hydrogen) atoms. The maximum Gasteiger partial charge on any atom is 0.270 e. The summed E-state index contributed by atoms with van der Waals surface area (Å²) in [7, 11) is 0. The Kier molecular flexibility index (Phi) is 3.19. The molecule has 2 aromatic rings. The van der Waals surface area contributed by atoms with Gasteiger partial charge in [0.05, 0.1) is 0 Å². The van der Waals surface area contributed by atoms with Gasteiger partial charge in [0.2, 0.25) is 0 Å². The molecule has 0 aromatic carbocycles. The Morgan fingerprint density at radius 3 is 2.62 bits per heavy atom. The van der Waals surface area contributed by atoms with E-state index in [2.05, 4.69) is 4.98 Å². The van der Waals surface area contributed by atoms with Gasteiger partial charge < -0.3 is 4.90 Å². The number of hydrogen-bond acceptors (Lipinski definition) is 4. The van der Waals surface area contributed by atoms with Gasteiger partial charge in [-0.05, 0) is 12.1 Å². The van der Waals surface area contributed by atoms with Crippen molar-refractivity contribution in [2.24, 2.45) is 0 Å². The fourth-order valence-corrected chi connectivity index (χ4v) is 2.48. The van der Waals surface area contributed by atoms with Gasteiger partial charge in [0.1, 0.15) is 17.0 Å². The third kappa shape index (κ3) is 2.39. The minimum absolute atomic E-state index is 0.0727. The van der Waals surface area contributed by atoms with Gasteiger partial charge in [-0.25, -0.2) is 13.8 Å². The summed E-state index contributed by atoms with van der Waals surface area (Å²) in [6, 6.07) is 5.01. The fraction of sp³-hybridized carbons (Fsp3) is 0.357. The number of carbonyl (C=O) groups is 1. The lowest BCUT2D eigenvalue weighted by Crippen LogP contribution is -2.41. The zero-order chi connectivity index (χ0) is 15.0. The van der Waals surface area contributed by atoms with E-state index in [1.165, 1.54) is 10.6 Å². The number of piperidine rings is 1. The van der Waals surface area contributed by atoms with Crippen molar-refractivity contribution >= 4 is 17.8 Å². The molecule has 0 radical (unpaired) electrons. The van der Waals surface area contributed by atoms with Crippen LogP contribution in [0.3, 0.4) is 0 Å². The van der Waals surface area contributed by atoms with Crippen LogP contribution in [-0.4, -0.2) is 34.7 Å². The minimum Gasteiger partial charge on any atom is -0.355 e. The van der Waals surface area contributed by atoms with Crippen molar-refractivity contribution in [3.05, 3.63) is 40.3 Å². The zero-order valence-electron chi connectivity index (χ0n) is 11.1. The summed E-state index contributed by atoms with van der Waals surface area (Å²) in [5.41, 5.74) is -0.188. The molecule has 3 rings (SSSR count). The number of nitrogens with zero attached hydrogens (tertiary/aromatic N) is 3. The van der Waals surface area contributed by atoms with Gasteiger partial charge in [0.15, 0.2) is 6.29 Å². The normalized spacial score (nSPS) is 17.9. The molecule has 0 atom stereocenters. The Labute approximate surface area is 118 Å². The van der Waals surface area contributed by atoms with E-state index in [1.54, 1.807) is 23.1 Å². The average molecular weight is 293 g/mol. The first-order chi connectivity index (χ1) is 10.0. The van der Waals surface area contributed by atoms with E-state index in [-0.39, 0.29) is 37.3 Å². The Bertz CT molecular complexity index is 747. The Morgan fingerprint density at radius 1 is 1.24 bits per heavy atom. The first kappa shape index (κ1) is 13.7. The SMILES string of the molecule is O=Cc1c(N2CCC(F)(F)CC2)nc2ccccn2c1=O. The quantitative estimate of drug-likeness (QED) is 0.792. The number of hydrogen-bond donors (Lipinski definition) is 0. The molecule has 3 heterocycles. The number of halogens is 2.